The predicted octanol–water partition coefficient (Wildman–Crippen LogP) is 3.91. The molecule has 0 unspecified atom stereocenters. The third-order valence-electron chi connectivity index (χ3n) is 6.52. The summed E-state index contributed by atoms with van der Waals surface area (Å²) in [6, 6.07) is 10.9. The Morgan fingerprint density at radius 2 is 2.11 bits per heavy atom. The molecule has 2 atom stereocenters. The molecule has 0 saturated heterocycles. The van der Waals surface area contributed by atoms with Gasteiger partial charge in [-0.1, -0.05) is 25.8 Å². The second-order valence-electron chi connectivity index (χ2n) is 8.61. The molecule has 2 aliphatic rings. The number of H-pyrrole nitrogens is 1. The molecule has 0 aliphatic heterocycles. The highest BCUT2D eigenvalue weighted by atomic mass is 16.1. The van der Waals surface area contributed by atoms with Crippen molar-refractivity contribution in [3.05, 3.63) is 35.5 Å². The number of hydrogen-bond acceptors (Lipinski definition) is 3. The Morgan fingerprint density at radius 1 is 1.29 bits per heavy atom. The topological polar surface area (TPSA) is 80.7 Å². The zero-order valence-corrected chi connectivity index (χ0v) is 16.7. The fraction of sp³-hybridized carbons (Fsp3) is 0.565. The van der Waals surface area contributed by atoms with E-state index in [9.17, 15) is 10.1 Å². The maximum absolute atomic E-state index is 12.9. The molecule has 3 N–H and O–H groups in total. The highest BCUT2D eigenvalue weighted by Crippen LogP contribution is 2.44. The van der Waals surface area contributed by atoms with E-state index in [0.29, 0.717) is 11.6 Å². The van der Waals surface area contributed by atoms with Crippen molar-refractivity contribution in [2.45, 2.75) is 57.9 Å². The number of nitrogens with one attached hydrogen (secondary N) is 3. The minimum atomic E-state index is -0.116. The maximum Gasteiger partial charge on any atom is 0.267 e. The van der Waals surface area contributed by atoms with Gasteiger partial charge in [0.1, 0.15) is 5.69 Å². The van der Waals surface area contributed by atoms with E-state index in [1.54, 1.807) is 0 Å². The van der Waals surface area contributed by atoms with Crippen LogP contribution in [-0.2, 0) is 6.42 Å². The van der Waals surface area contributed by atoms with Crippen LogP contribution in [-0.4, -0.2) is 30.0 Å². The molecule has 5 heteroatoms. The van der Waals surface area contributed by atoms with Gasteiger partial charge in [-0.05, 0) is 68.3 Å². The Labute approximate surface area is 166 Å². The van der Waals surface area contributed by atoms with Crippen LogP contribution in [0, 0.1) is 22.7 Å². The third-order valence-corrected chi connectivity index (χ3v) is 6.52. The van der Waals surface area contributed by atoms with Gasteiger partial charge in [0, 0.05) is 23.5 Å². The Morgan fingerprint density at radius 3 is 2.86 bits per heavy atom. The minimum Gasteiger partial charge on any atom is -0.351 e. The Kier molecular flexibility index (Phi) is 5.41. The smallest absolute Gasteiger partial charge is 0.267 e. The lowest BCUT2D eigenvalue weighted by Crippen LogP contribution is -2.46. The van der Waals surface area contributed by atoms with Gasteiger partial charge in [-0.25, -0.2) is 0 Å². The fourth-order valence-electron chi connectivity index (χ4n) is 4.39. The summed E-state index contributed by atoms with van der Waals surface area (Å²) in [6.07, 6.45) is 7.56. The molecule has 4 rings (SSSR count). The van der Waals surface area contributed by atoms with Crippen molar-refractivity contribution in [3.63, 3.8) is 0 Å². The van der Waals surface area contributed by atoms with Crippen molar-refractivity contribution in [2.75, 3.05) is 13.1 Å². The molecular weight excluding hydrogens is 348 g/mol. The van der Waals surface area contributed by atoms with Gasteiger partial charge in [-0.3, -0.25) is 4.79 Å². The predicted molar refractivity (Wildman–Crippen MR) is 111 cm³/mol. The number of aryl methyl sites for hydroxylation is 1. The van der Waals surface area contributed by atoms with Crippen molar-refractivity contribution in [2.24, 2.45) is 11.3 Å². The van der Waals surface area contributed by atoms with Crippen LogP contribution in [0.3, 0.4) is 0 Å². The van der Waals surface area contributed by atoms with Crippen LogP contribution in [0.25, 0.3) is 10.9 Å². The third kappa shape index (κ3) is 4.07. The van der Waals surface area contributed by atoms with Gasteiger partial charge < -0.3 is 15.6 Å². The number of benzene rings is 1. The lowest BCUT2D eigenvalue weighted by Gasteiger charge is -2.32. The summed E-state index contributed by atoms with van der Waals surface area (Å²) in [5, 5.41) is 17.1. The van der Waals surface area contributed by atoms with E-state index in [2.05, 4.69) is 46.8 Å². The summed E-state index contributed by atoms with van der Waals surface area (Å²) < 4.78 is 0. The van der Waals surface area contributed by atoms with E-state index in [-0.39, 0.29) is 17.4 Å². The van der Waals surface area contributed by atoms with E-state index in [4.69, 9.17) is 0 Å². The number of nitriles is 1. The fourth-order valence-corrected chi connectivity index (χ4v) is 4.39. The molecule has 1 amide bonds. The Bertz CT molecular complexity index is 890. The summed E-state index contributed by atoms with van der Waals surface area (Å²) in [5.74, 6) is 0.421. The van der Waals surface area contributed by atoms with Gasteiger partial charge in [0.2, 0.25) is 0 Å². The number of amides is 1. The molecule has 1 heterocycles. The molecule has 1 aromatic carbocycles. The van der Waals surface area contributed by atoms with Crippen LogP contribution in [0.4, 0.5) is 0 Å². The first-order chi connectivity index (χ1) is 13.6. The number of carbonyl (C=O) groups excluding carboxylic acids is 1. The number of rotatable bonds is 7. The summed E-state index contributed by atoms with van der Waals surface area (Å²) >= 11 is 0. The number of carbonyl (C=O) groups is 1. The summed E-state index contributed by atoms with van der Waals surface area (Å²) in [5.41, 5.74) is 2.81. The summed E-state index contributed by atoms with van der Waals surface area (Å²) in [7, 11) is 0. The van der Waals surface area contributed by atoms with E-state index in [1.807, 2.05) is 6.07 Å². The number of hydrogen-bond donors (Lipinski definition) is 3. The SMILES string of the molecule is CCc1ccc2[nH]c(C(=O)N[C@H]3CCCC[C@@H]3CNCC3(C#N)CC3)cc2c1. The quantitative estimate of drug-likeness (QED) is 0.683. The Balaban J connectivity index is 1.38. The summed E-state index contributed by atoms with van der Waals surface area (Å²) in [6.45, 7) is 3.80. The first kappa shape index (κ1) is 19.0. The van der Waals surface area contributed by atoms with Crippen molar-refractivity contribution in [1.29, 1.82) is 5.26 Å². The van der Waals surface area contributed by atoms with Gasteiger partial charge >= 0.3 is 0 Å². The average Bonchev–Trinajstić information content (AvgIpc) is 3.37. The van der Waals surface area contributed by atoms with Crippen molar-refractivity contribution >= 4 is 16.8 Å². The number of fused-ring (bicyclic) bond motifs is 1. The van der Waals surface area contributed by atoms with Crippen LogP contribution in [0.1, 0.15) is 61.5 Å². The molecular formula is C23H30N4O. The van der Waals surface area contributed by atoms with Gasteiger partial charge in [0.25, 0.3) is 5.91 Å². The first-order valence-corrected chi connectivity index (χ1v) is 10.7. The molecule has 2 aliphatic carbocycles. The van der Waals surface area contributed by atoms with Crippen molar-refractivity contribution in [1.82, 2.24) is 15.6 Å². The number of nitrogens with zero attached hydrogens (tertiary/aromatic N) is 1. The van der Waals surface area contributed by atoms with Gasteiger partial charge in [-0.15, -0.1) is 0 Å². The molecule has 28 heavy (non-hydrogen) atoms. The Hall–Kier alpha value is -2.32. The van der Waals surface area contributed by atoms with Gasteiger partial charge in [0.15, 0.2) is 0 Å². The normalized spacial score (nSPS) is 23.3. The van der Waals surface area contributed by atoms with Crippen molar-refractivity contribution < 1.29 is 4.79 Å². The van der Waals surface area contributed by atoms with Gasteiger partial charge in [0.05, 0.1) is 11.5 Å². The summed E-state index contributed by atoms with van der Waals surface area (Å²) in [4.78, 5) is 16.1. The van der Waals surface area contributed by atoms with E-state index in [0.717, 1.165) is 62.5 Å². The molecule has 2 fully saturated rings. The number of aromatic nitrogens is 1. The largest absolute Gasteiger partial charge is 0.351 e. The van der Waals surface area contributed by atoms with Crippen LogP contribution in [0.5, 0.6) is 0 Å². The monoisotopic (exact) mass is 378 g/mol. The zero-order chi connectivity index (χ0) is 19.6. The first-order valence-electron chi connectivity index (χ1n) is 10.7. The highest BCUT2D eigenvalue weighted by molar-refractivity contribution is 5.98. The molecule has 2 aromatic rings. The van der Waals surface area contributed by atoms with Crippen molar-refractivity contribution in [3.8, 4) is 6.07 Å². The standard InChI is InChI=1S/C23H30N4O/c1-2-16-7-8-20-18(11-16)12-21(26-20)22(28)27-19-6-4-3-5-17(19)13-25-15-23(14-24)9-10-23/h7-8,11-12,17,19,25-26H,2-6,9-10,13,15H2,1H3,(H,27,28)/t17-,19+/m1/s1. The zero-order valence-electron chi connectivity index (χ0n) is 16.7. The van der Waals surface area contributed by atoms with E-state index < -0.39 is 0 Å². The lowest BCUT2D eigenvalue weighted by atomic mass is 9.84. The van der Waals surface area contributed by atoms with Crippen LogP contribution in [0.15, 0.2) is 24.3 Å². The second-order valence-corrected chi connectivity index (χ2v) is 8.61. The number of aromatic amines is 1. The molecule has 2 saturated carbocycles. The van der Waals surface area contributed by atoms with Crippen LogP contribution in [0.2, 0.25) is 0 Å². The van der Waals surface area contributed by atoms with Crippen LogP contribution < -0.4 is 10.6 Å². The van der Waals surface area contributed by atoms with E-state index >= 15 is 0 Å². The van der Waals surface area contributed by atoms with Gasteiger partial charge in [-0.2, -0.15) is 5.26 Å². The van der Waals surface area contributed by atoms with E-state index in [1.165, 1.54) is 12.0 Å². The lowest BCUT2D eigenvalue weighted by molar-refractivity contribution is 0.0901. The average molecular weight is 379 g/mol. The molecule has 1 aromatic heterocycles. The van der Waals surface area contributed by atoms with Crippen LogP contribution >= 0.6 is 0 Å². The molecule has 0 radical (unpaired) electrons. The maximum atomic E-state index is 12.9. The molecule has 0 bridgehead atoms. The molecule has 148 valence electrons. The highest BCUT2D eigenvalue weighted by Gasteiger charge is 2.42. The second kappa shape index (κ2) is 7.97. The minimum absolute atomic E-state index is 0.0122. The molecule has 0 spiro atoms. The molecule has 5 nitrogen and oxygen atoms in total.